The first-order valence-electron chi connectivity index (χ1n) is 15.8. The molecule has 0 spiro atoms. The smallest absolute Gasteiger partial charge is 0.393 e. The summed E-state index contributed by atoms with van der Waals surface area (Å²) in [6, 6.07) is 14.3. The van der Waals surface area contributed by atoms with Gasteiger partial charge in [0, 0.05) is 47.5 Å². The number of piperidine rings is 1. The molecule has 0 atom stereocenters. The second-order valence-corrected chi connectivity index (χ2v) is 13.5. The maximum atomic E-state index is 12.9. The van der Waals surface area contributed by atoms with E-state index in [0.29, 0.717) is 40.8 Å². The van der Waals surface area contributed by atoms with Crippen LogP contribution in [0.15, 0.2) is 42.7 Å². The van der Waals surface area contributed by atoms with Gasteiger partial charge < -0.3 is 14.6 Å². The molecule has 46 heavy (non-hydrogen) atoms. The Bertz CT molecular complexity index is 1860. The summed E-state index contributed by atoms with van der Waals surface area (Å²) in [6.07, 6.45) is 2.94. The first-order chi connectivity index (χ1) is 22.3. The van der Waals surface area contributed by atoms with Gasteiger partial charge in [0.25, 0.3) is 0 Å². The fourth-order valence-electron chi connectivity index (χ4n) is 6.29. The van der Waals surface area contributed by atoms with Crippen molar-refractivity contribution in [3.8, 4) is 11.9 Å². The van der Waals surface area contributed by atoms with Crippen LogP contribution in [-0.4, -0.2) is 61.5 Å². The van der Waals surface area contributed by atoms with E-state index in [1.54, 1.807) is 6.07 Å². The molecular weight excluding hydrogens is 613 g/mol. The van der Waals surface area contributed by atoms with Gasteiger partial charge in [0.05, 0.1) is 30.7 Å². The van der Waals surface area contributed by atoms with Crippen LogP contribution in [-0.2, 0) is 19.5 Å². The summed E-state index contributed by atoms with van der Waals surface area (Å²) in [4.78, 5) is 11.7. The van der Waals surface area contributed by atoms with Gasteiger partial charge >= 0.3 is 6.18 Å². The van der Waals surface area contributed by atoms with E-state index in [0.717, 1.165) is 72.7 Å². The van der Waals surface area contributed by atoms with Crippen LogP contribution in [0.1, 0.15) is 60.4 Å². The van der Waals surface area contributed by atoms with Gasteiger partial charge in [-0.15, -0.1) is 16.4 Å². The Kier molecular flexibility index (Phi) is 8.57. The van der Waals surface area contributed by atoms with Gasteiger partial charge in [-0.25, -0.2) is 9.97 Å². The van der Waals surface area contributed by atoms with Crippen molar-refractivity contribution in [2.24, 2.45) is 5.92 Å². The van der Waals surface area contributed by atoms with Crippen LogP contribution in [0.3, 0.4) is 0 Å². The van der Waals surface area contributed by atoms with Crippen LogP contribution < -0.4 is 10.1 Å². The number of halogens is 3. The summed E-state index contributed by atoms with van der Waals surface area (Å²) in [5.41, 5.74) is 3.65. The fraction of sp³-hybridized carbons (Fsp3) is 0.455. The van der Waals surface area contributed by atoms with Crippen LogP contribution in [0.5, 0.6) is 5.88 Å². The zero-order valence-corrected chi connectivity index (χ0v) is 26.1. The average molecular weight is 649 g/mol. The van der Waals surface area contributed by atoms with Gasteiger partial charge in [-0.1, -0.05) is 18.9 Å². The van der Waals surface area contributed by atoms with E-state index in [1.165, 1.54) is 31.2 Å². The van der Waals surface area contributed by atoms with Crippen LogP contribution in [0.4, 0.5) is 19.0 Å². The predicted molar refractivity (Wildman–Crippen MR) is 171 cm³/mol. The average Bonchev–Trinajstić information content (AvgIpc) is 3.42. The molecule has 0 amide bonds. The number of nitriles is 1. The Morgan fingerprint density at radius 3 is 2.70 bits per heavy atom. The number of benzene rings is 1. The van der Waals surface area contributed by atoms with Crippen molar-refractivity contribution in [1.29, 1.82) is 5.26 Å². The van der Waals surface area contributed by atoms with Crippen molar-refractivity contribution in [2.45, 2.75) is 70.3 Å². The predicted octanol–water partition coefficient (Wildman–Crippen LogP) is 7.04. The Morgan fingerprint density at radius 2 is 1.91 bits per heavy atom. The molecular formula is C33H35F3N8OS. The van der Waals surface area contributed by atoms with Crippen LogP contribution in [0.25, 0.3) is 21.1 Å². The summed E-state index contributed by atoms with van der Waals surface area (Å²) in [7, 11) is 0. The Morgan fingerprint density at radius 1 is 1.07 bits per heavy atom. The molecule has 9 nitrogen and oxygen atoms in total. The van der Waals surface area contributed by atoms with E-state index < -0.39 is 12.6 Å². The van der Waals surface area contributed by atoms with Crippen molar-refractivity contribution in [2.75, 3.05) is 25.0 Å². The maximum absolute atomic E-state index is 12.9. The molecule has 1 aliphatic carbocycles. The number of H-pyrrole nitrogens is 1. The molecule has 4 aromatic heterocycles. The molecule has 1 saturated carbocycles. The van der Waals surface area contributed by atoms with E-state index in [9.17, 15) is 18.4 Å². The van der Waals surface area contributed by atoms with E-state index in [2.05, 4.69) is 54.7 Å². The largest absolute Gasteiger partial charge is 0.477 e. The SMILES string of the molecule is N#Cc1cc2cc(CN3CCC(Nc4ncnc5sc(CC(F)(F)F)cc45)CC3)ccc2n1Cc1cc(OCCCC2CC2)n[nH]1. The van der Waals surface area contributed by atoms with Crippen molar-refractivity contribution in [3.05, 3.63) is 64.6 Å². The molecule has 2 N–H and O–H groups in total. The third kappa shape index (κ3) is 7.29. The minimum Gasteiger partial charge on any atom is -0.477 e. The van der Waals surface area contributed by atoms with E-state index in [-0.39, 0.29) is 10.9 Å². The summed E-state index contributed by atoms with van der Waals surface area (Å²) in [5, 5.41) is 22.4. The minimum absolute atomic E-state index is 0.172. The molecule has 240 valence electrons. The molecule has 1 aromatic carbocycles. The van der Waals surface area contributed by atoms with Gasteiger partial charge in [0.2, 0.25) is 5.88 Å². The molecule has 0 radical (unpaired) electrons. The summed E-state index contributed by atoms with van der Waals surface area (Å²) in [5.74, 6) is 2.08. The van der Waals surface area contributed by atoms with Gasteiger partial charge in [0.15, 0.2) is 0 Å². The number of aromatic nitrogens is 5. The number of hydrogen-bond acceptors (Lipinski definition) is 8. The molecule has 13 heteroatoms. The summed E-state index contributed by atoms with van der Waals surface area (Å²) < 4.78 is 46.6. The van der Waals surface area contributed by atoms with Crippen molar-refractivity contribution >= 4 is 38.3 Å². The van der Waals surface area contributed by atoms with E-state index >= 15 is 0 Å². The molecule has 0 bridgehead atoms. The number of anilines is 1. The summed E-state index contributed by atoms with van der Waals surface area (Å²) in [6.45, 7) is 3.72. The highest BCUT2D eigenvalue weighted by molar-refractivity contribution is 7.18. The van der Waals surface area contributed by atoms with Gasteiger partial charge in [0.1, 0.15) is 28.7 Å². The van der Waals surface area contributed by atoms with Crippen LogP contribution >= 0.6 is 11.3 Å². The number of hydrogen-bond donors (Lipinski definition) is 2. The lowest BCUT2D eigenvalue weighted by Crippen LogP contribution is -2.38. The molecule has 7 rings (SSSR count). The summed E-state index contributed by atoms with van der Waals surface area (Å²) >= 11 is 1.06. The number of fused-ring (bicyclic) bond motifs is 2. The molecule has 5 aromatic rings. The standard InChI is InChI=1S/C33H35F3N8OS/c34-33(35,36)16-27-15-28-31(38-20-39-32(28)46-27)40-24-7-9-43(10-8-24)18-22-5-6-29-23(12-22)13-26(17-37)44(29)19-25-14-30(42-41-25)45-11-1-2-21-3-4-21/h5-6,12-15,20-21,24H,1-4,7-11,16,18-19H2,(H,41,42)(H,38,39,40). The Labute approximate surface area is 268 Å². The lowest BCUT2D eigenvalue weighted by atomic mass is 10.0. The Hall–Kier alpha value is -4.15. The number of aromatic amines is 1. The number of likely N-dealkylation sites (tertiary alicyclic amines) is 1. The molecule has 2 aliphatic rings. The van der Waals surface area contributed by atoms with E-state index in [1.807, 2.05) is 16.7 Å². The Balaban J connectivity index is 0.947. The lowest BCUT2D eigenvalue weighted by molar-refractivity contribution is -0.126. The fourth-order valence-corrected chi connectivity index (χ4v) is 7.32. The number of rotatable bonds is 12. The van der Waals surface area contributed by atoms with Gasteiger partial charge in [-0.2, -0.15) is 18.4 Å². The highest BCUT2D eigenvalue weighted by atomic mass is 32.1. The highest BCUT2D eigenvalue weighted by Crippen LogP contribution is 2.34. The zero-order chi connectivity index (χ0) is 31.7. The number of ether oxygens (including phenoxy) is 1. The quantitative estimate of drug-likeness (QED) is 0.140. The zero-order valence-electron chi connectivity index (χ0n) is 25.3. The maximum Gasteiger partial charge on any atom is 0.393 e. The second-order valence-electron chi connectivity index (χ2n) is 12.4. The third-order valence-corrected chi connectivity index (χ3v) is 9.85. The molecule has 1 aliphatic heterocycles. The number of nitrogens with zero attached hydrogens (tertiary/aromatic N) is 6. The van der Waals surface area contributed by atoms with Gasteiger partial charge in [-0.3, -0.25) is 10.00 Å². The number of nitrogens with one attached hydrogen (secondary N) is 2. The first-order valence-corrected chi connectivity index (χ1v) is 16.6. The minimum atomic E-state index is -4.25. The first kappa shape index (κ1) is 30.5. The normalized spacial score (nSPS) is 16.3. The molecule has 0 unspecified atom stereocenters. The highest BCUT2D eigenvalue weighted by Gasteiger charge is 2.29. The van der Waals surface area contributed by atoms with Crippen molar-refractivity contribution < 1.29 is 17.9 Å². The molecule has 5 heterocycles. The number of thiophene rings is 1. The molecule has 2 fully saturated rings. The van der Waals surface area contributed by atoms with Crippen molar-refractivity contribution in [3.63, 3.8) is 0 Å². The molecule has 1 saturated heterocycles. The van der Waals surface area contributed by atoms with Crippen LogP contribution in [0.2, 0.25) is 0 Å². The van der Waals surface area contributed by atoms with Crippen molar-refractivity contribution in [1.82, 2.24) is 29.6 Å². The number of alkyl halides is 3. The monoisotopic (exact) mass is 648 g/mol. The second kappa shape index (κ2) is 12.9. The third-order valence-electron chi connectivity index (χ3n) is 8.81. The van der Waals surface area contributed by atoms with E-state index in [4.69, 9.17) is 4.74 Å². The van der Waals surface area contributed by atoms with Crippen LogP contribution in [0, 0.1) is 17.2 Å². The van der Waals surface area contributed by atoms with Gasteiger partial charge in [-0.05, 0) is 61.4 Å². The lowest BCUT2D eigenvalue weighted by Gasteiger charge is -2.32. The topological polar surface area (TPSA) is 108 Å².